The summed E-state index contributed by atoms with van der Waals surface area (Å²) >= 11 is 0. The van der Waals surface area contributed by atoms with Gasteiger partial charge in [0, 0.05) is 42.2 Å². The van der Waals surface area contributed by atoms with E-state index in [2.05, 4.69) is 78.7 Å². The smallest absolute Gasteiger partial charge is 0.0837 e. The van der Waals surface area contributed by atoms with Crippen molar-refractivity contribution in [2.45, 2.75) is 19.8 Å². The molecule has 29 heavy (non-hydrogen) atoms. The van der Waals surface area contributed by atoms with Crippen LogP contribution in [0.1, 0.15) is 18.4 Å². The Morgan fingerprint density at radius 3 is 1.97 bits per heavy atom. The Bertz CT molecular complexity index is 951. The third-order valence-electron chi connectivity index (χ3n) is 5.11. The van der Waals surface area contributed by atoms with Gasteiger partial charge in [-0.1, -0.05) is 0 Å². The summed E-state index contributed by atoms with van der Waals surface area (Å²) in [6.45, 7) is 6.14. The fourth-order valence-corrected chi connectivity index (χ4v) is 3.64. The van der Waals surface area contributed by atoms with Gasteiger partial charge in [0.25, 0.3) is 0 Å². The Balaban J connectivity index is 1.93. The summed E-state index contributed by atoms with van der Waals surface area (Å²) in [7, 11) is 8.43. The summed E-state index contributed by atoms with van der Waals surface area (Å²) in [6, 6.07) is 6.35. The maximum atomic E-state index is 4.75. The lowest BCUT2D eigenvalue weighted by atomic mass is 10.0. The molecule has 0 spiro atoms. The number of aryl methyl sites for hydroxylation is 1. The van der Waals surface area contributed by atoms with Crippen LogP contribution in [0.25, 0.3) is 21.8 Å². The van der Waals surface area contributed by atoms with Crippen LogP contribution in [0.3, 0.4) is 0 Å². The van der Waals surface area contributed by atoms with Gasteiger partial charge in [0.05, 0.1) is 16.4 Å². The van der Waals surface area contributed by atoms with Crippen LogP contribution >= 0.6 is 0 Å². The molecule has 0 saturated heterocycles. The van der Waals surface area contributed by atoms with Crippen molar-refractivity contribution in [3.8, 4) is 0 Å². The molecule has 0 radical (unpaired) electrons. The molecule has 0 aliphatic heterocycles. The monoisotopic (exact) mass is 394 g/mol. The highest BCUT2D eigenvalue weighted by Gasteiger charge is 2.13. The highest BCUT2D eigenvalue weighted by molar-refractivity contribution is 6.14. The van der Waals surface area contributed by atoms with Crippen LogP contribution in [-0.2, 0) is 0 Å². The molecule has 0 aliphatic rings. The zero-order chi connectivity index (χ0) is 20.8. The minimum absolute atomic E-state index is 0.926. The molecule has 0 bridgehead atoms. The van der Waals surface area contributed by atoms with Crippen molar-refractivity contribution >= 4 is 33.2 Å². The summed E-state index contributed by atoms with van der Waals surface area (Å²) in [4.78, 5) is 13.8. The van der Waals surface area contributed by atoms with E-state index in [-0.39, 0.29) is 0 Å². The standard InChI is InChI=1S/C23H34N6/c1-17-16-18-19(24-10-6-14-28(2)3)8-12-27-23(18)21-20(9-13-26-22(17)21)25-11-7-15-29(4)5/h8-9,12-13,16H,6-7,10-11,14-15H2,1-5H3,(H,24,27)(H,25,26). The van der Waals surface area contributed by atoms with Crippen molar-refractivity contribution in [2.24, 2.45) is 0 Å². The molecule has 6 heteroatoms. The van der Waals surface area contributed by atoms with E-state index in [4.69, 9.17) is 4.98 Å². The number of rotatable bonds is 10. The number of aromatic nitrogens is 2. The van der Waals surface area contributed by atoms with Gasteiger partial charge in [-0.15, -0.1) is 0 Å². The van der Waals surface area contributed by atoms with Crippen LogP contribution < -0.4 is 10.6 Å². The Labute approximate surface area is 174 Å². The van der Waals surface area contributed by atoms with Gasteiger partial charge in [0.2, 0.25) is 0 Å². The van der Waals surface area contributed by atoms with E-state index in [1.54, 1.807) is 0 Å². The van der Waals surface area contributed by atoms with Crippen molar-refractivity contribution in [2.75, 3.05) is 65.0 Å². The number of nitrogens with zero attached hydrogens (tertiary/aromatic N) is 4. The first-order valence-corrected chi connectivity index (χ1v) is 10.4. The quantitative estimate of drug-likeness (QED) is 0.403. The topological polar surface area (TPSA) is 56.3 Å². The van der Waals surface area contributed by atoms with E-state index in [0.717, 1.165) is 72.2 Å². The molecule has 0 saturated carbocycles. The molecule has 0 amide bonds. The van der Waals surface area contributed by atoms with Crippen molar-refractivity contribution in [3.05, 3.63) is 36.2 Å². The fourth-order valence-electron chi connectivity index (χ4n) is 3.64. The van der Waals surface area contributed by atoms with Gasteiger partial charge in [0.15, 0.2) is 0 Å². The van der Waals surface area contributed by atoms with E-state index < -0.39 is 0 Å². The average Bonchev–Trinajstić information content (AvgIpc) is 2.68. The molecule has 2 aromatic heterocycles. The van der Waals surface area contributed by atoms with Gasteiger partial charge in [-0.05, 0) is 84.8 Å². The van der Waals surface area contributed by atoms with Gasteiger partial charge in [-0.2, -0.15) is 0 Å². The van der Waals surface area contributed by atoms with Crippen molar-refractivity contribution < 1.29 is 0 Å². The largest absolute Gasteiger partial charge is 0.384 e. The van der Waals surface area contributed by atoms with Crippen LogP contribution in [0.15, 0.2) is 30.6 Å². The first-order valence-electron chi connectivity index (χ1n) is 10.4. The number of hydrogen-bond acceptors (Lipinski definition) is 6. The van der Waals surface area contributed by atoms with Gasteiger partial charge >= 0.3 is 0 Å². The third-order valence-corrected chi connectivity index (χ3v) is 5.11. The van der Waals surface area contributed by atoms with Gasteiger partial charge < -0.3 is 20.4 Å². The molecule has 156 valence electrons. The molecule has 2 N–H and O–H groups in total. The van der Waals surface area contributed by atoms with Gasteiger partial charge in [-0.25, -0.2) is 0 Å². The van der Waals surface area contributed by atoms with Crippen LogP contribution in [0.2, 0.25) is 0 Å². The summed E-state index contributed by atoms with van der Waals surface area (Å²) in [5, 5.41) is 9.49. The van der Waals surface area contributed by atoms with E-state index in [0.29, 0.717) is 0 Å². The Morgan fingerprint density at radius 1 is 0.793 bits per heavy atom. The molecular weight excluding hydrogens is 360 g/mol. The van der Waals surface area contributed by atoms with E-state index >= 15 is 0 Å². The maximum Gasteiger partial charge on any atom is 0.0837 e. The second-order valence-electron chi connectivity index (χ2n) is 8.20. The normalized spacial score (nSPS) is 11.7. The summed E-state index contributed by atoms with van der Waals surface area (Å²) in [5.41, 5.74) is 5.45. The van der Waals surface area contributed by atoms with Gasteiger partial charge in [-0.3, -0.25) is 9.97 Å². The molecule has 3 aromatic rings. The van der Waals surface area contributed by atoms with Gasteiger partial charge in [0.1, 0.15) is 0 Å². The highest BCUT2D eigenvalue weighted by atomic mass is 15.1. The number of benzene rings is 1. The maximum absolute atomic E-state index is 4.75. The molecule has 6 nitrogen and oxygen atoms in total. The zero-order valence-electron chi connectivity index (χ0n) is 18.4. The predicted molar refractivity (Wildman–Crippen MR) is 125 cm³/mol. The Hall–Kier alpha value is -2.44. The number of pyridine rings is 2. The number of fused-ring (bicyclic) bond motifs is 3. The van der Waals surface area contributed by atoms with Crippen molar-refractivity contribution in [1.29, 1.82) is 0 Å². The molecule has 0 atom stereocenters. The molecule has 0 unspecified atom stereocenters. The lowest BCUT2D eigenvalue weighted by Gasteiger charge is -2.16. The van der Waals surface area contributed by atoms with E-state index in [9.17, 15) is 0 Å². The van der Waals surface area contributed by atoms with Crippen molar-refractivity contribution in [3.63, 3.8) is 0 Å². The van der Waals surface area contributed by atoms with Crippen LogP contribution in [0, 0.1) is 6.92 Å². The average molecular weight is 395 g/mol. The van der Waals surface area contributed by atoms with Crippen LogP contribution in [0.4, 0.5) is 11.4 Å². The minimum Gasteiger partial charge on any atom is -0.384 e. The van der Waals surface area contributed by atoms with Crippen LogP contribution in [-0.4, -0.2) is 74.1 Å². The summed E-state index contributed by atoms with van der Waals surface area (Å²) < 4.78 is 0. The first kappa shape index (κ1) is 21.3. The SMILES string of the molecule is Cc1cc2c(NCCCN(C)C)ccnc2c2c(NCCCN(C)C)ccnc12. The van der Waals surface area contributed by atoms with E-state index in [1.807, 2.05) is 12.4 Å². The Morgan fingerprint density at radius 2 is 1.34 bits per heavy atom. The number of anilines is 2. The molecule has 0 fully saturated rings. The second kappa shape index (κ2) is 9.85. The number of nitrogens with one attached hydrogen (secondary N) is 2. The molecule has 0 aliphatic carbocycles. The van der Waals surface area contributed by atoms with E-state index in [1.165, 1.54) is 5.56 Å². The second-order valence-corrected chi connectivity index (χ2v) is 8.20. The lowest BCUT2D eigenvalue weighted by molar-refractivity contribution is 0.405. The summed E-state index contributed by atoms with van der Waals surface area (Å²) in [5.74, 6) is 0. The lowest BCUT2D eigenvalue weighted by Crippen LogP contribution is -2.16. The third kappa shape index (κ3) is 5.34. The molecular formula is C23H34N6. The first-order chi connectivity index (χ1) is 14.0. The zero-order valence-corrected chi connectivity index (χ0v) is 18.4. The van der Waals surface area contributed by atoms with Crippen LogP contribution in [0.5, 0.6) is 0 Å². The molecule has 3 rings (SSSR count). The summed E-state index contributed by atoms with van der Waals surface area (Å²) in [6.07, 6.45) is 5.98. The fraction of sp³-hybridized carbons (Fsp3) is 0.478. The minimum atomic E-state index is 0.926. The Kier molecular flexibility index (Phi) is 7.23. The molecule has 2 heterocycles. The van der Waals surface area contributed by atoms with Crippen molar-refractivity contribution in [1.82, 2.24) is 19.8 Å². The molecule has 1 aromatic carbocycles. The highest BCUT2D eigenvalue weighted by Crippen LogP contribution is 2.34. The predicted octanol–water partition coefficient (Wildman–Crippen LogP) is 3.82. The number of hydrogen-bond donors (Lipinski definition) is 2.